The number of aryl methyl sites for hydroxylation is 1. The number of ether oxygens (including phenoxy) is 1. The van der Waals surface area contributed by atoms with Crippen molar-refractivity contribution >= 4 is 16.7 Å². The Labute approximate surface area is 145 Å². The maximum atomic E-state index is 12.5. The Morgan fingerprint density at radius 3 is 2.88 bits per heavy atom. The topological polar surface area (TPSA) is 81.9 Å². The van der Waals surface area contributed by atoms with Crippen LogP contribution in [0, 0.1) is 6.92 Å². The van der Waals surface area contributed by atoms with Crippen molar-refractivity contribution in [2.45, 2.75) is 32.4 Å². The fourth-order valence-electron chi connectivity index (χ4n) is 3.03. The zero-order valence-electron chi connectivity index (χ0n) is 14.2. The van der Waals surface area contributed by atoms with Crippen LogP contribution in [-0.2, 0) is 6.54 Å². The largest absolute Gasteiger partial charge is 0.481 e. The third-order valence-electron chi connectivity index (χ3n) is 4.39. The second-order valence-electron chi connectivity index (χ2n) is 6.19. The highest BCUT2D eigenvalue weighted by Gasteiger charge is 2.28. The van der Waals surface area contributed by atoms with Crippen molar-refractivity contribution in [2.75, 3.05) is 7.11 Å². The zero-order valence-corrected chi connectivity index (χ0v) is 14.2. The minimum absolute atomic E-state index is 0.257. The average molecular weight is 337 g/mol. The minimum Gasteiger partial charge on any atom is -0.481 e. The summed E-state index contributed by atoms with van der Waals surface area (Å²) in [6, 6.07) is 9.93. The molecule has 1 aliphatic carbocycles. The molecule has 7 heteroatoms. The number of hydrogen-bond donors (Lipinski definition) is 1. The van der Waals surface area contributed by atoms with E-state index >= 15 is 0 Å². The van der Waals surface area contributed by atoms with Crippen LogP contribution in [0.3, 0.4) is 0 Å². The van der Waals surface area contributed by atoms with Gasteiger partial charge < -0.3 is 14.6 Å². The quantitative estimate of drug-likeness (QED) is 0.773. The van der Waals surface area contributed by atoms with Gasteiger partial charge in [-0.25, -0.2) is 4.98 Å². The molecular formula is C18H19N5O2. The van der Waals surface area contributed by atoms with Gasteiger partial charge in [0.15, 0.2) is 5.82 Å². The van der Waals surface area contributed by atoms with Gasteiger partial charge in [-0.2, -0.15) is 0 Å². The highest BCUT2D eigenvalue weighted by Crippen LogP contribution is 2.36. The van der Waals surface area contributed by atoms with E-state index in [1.165, 1.54) is 0 Å². The van der Waals surface area contributed by atoms with E-state index in [-0.39, 0.29) is 5.91 Å². The zero-order chi connectivity index (χ0) is 17.4. The molecule has 1 aliphatic rings. The maximum Gasteiger partial charge on any atom is 0.270 e. The van der Waals surface area contributed by atoms with Crippen LogP contribution in [-0.4, -0.2) is 32.8 Å². The summed E-state index contributed by atoms with van der Waals surface area (Å²) in [5.74, 6) is 1.85. The van der Waals surface area contributed by atoms with Crippen molar-refractivity contribution in [1.29, 1.82) is 0 Å². The number of carbonyl (C=O) groups excluding carboxylic acids is 1. The highest BCUT2D eigenvalue weighted by molar-refractivity contribution is 5.98. The van der Waals surface area contributed by atoms with E-state index in [1.807, 2.05) is 31.2 Å². The molecule has 25 heavy (non-hydrogen) atoms. The lowest BCUT2D eigenvalue weighted by Gasteiger charge is -2.10. The van der Waals surface area contributed by atoms with Gasteiger partial charge in [0, 0.05) is 11.4 Å². The first-order chi connectivity index (χ1) is 12.2. The number of methoxy groups -OCH3 is 1. The Kier molecular flexibility index (Phi) is 3.83. The lowest BCUT2D eigenvalue weighted by atomic mass is 10.1. The van der Waals surface area contributed by atoms with Gasteiger partial charge >= 0.3 is 0 Å². The first-order valence-corrected chi connectivity index (χ1v) is 8.29. The number of pyridine rings is 1. The lowest BCUT2D eigenvalue weighted by Crippen LogP contribution is -2.25. The van der Waals surface area contributed by atoms with Gasteiger partial charge in [0.05, 0.1) is 13.7 Å². The second-order valence-corrected chi connectivity index (χ2v) is 6.19. The average Bonchev–Trinajstić information content (AvgIpc) is 3.41. The van der Waals surface area contributed by atoms with Crippen LogP contribution in [0.4, 0.5) is 0 Å². The molecule has 1 amide bonds. The van der Waals surface area contributed by atoms with Crippen LogP contribution < -0.4 is 10.1 Å². The number of nitrogens with one attached hydrogen (secondary N) is 1. The third-order valence-corrected chi connectivity index (χ3v) is 4.39. The summed E-state index contributed by atoms with van der Waals surface area (Å²) in [7, 11) is 1.55. The molecule has 0 spiro atoms. The Balaban J connectivity index is 1.56. The molecule has 4 rings (SSSR count). The van der Waals surface area contributed by atoms with E-state index in [2.05, 4.69) is 25.1 Å². The molecule has 0 unspecified atom stereocenters. The van der Waals surface area contributed by atoms with Crippen molar-refractivity contribution in [3.8, 4) is 5.88 Å². The number of hydrogen-bond acceptors (Lipinski definition) is 5. The molecule has 2 aromatic heterocycles. The van der Waals surface area contributed by atoms with Crippen LogP contribution >= 0.6 is 0 Å². The minimum atomic E-state index is -0.257. The molecule has 0 radical (unpaired) electrons. The van der Waals surface area contributed by atoms with Crippen molar-refractivity contribution in [2.24, 2.45) is 0 Å². The second kappa shape index (κ2) is 6.16. The molecule has 0 aliphatic heterocycles. The molecule has 1 N–H and O–H groups in total. The van der Waals surface area contributed by atoms with E-state index in [0.29, 0.717) is 24.2 Å². The highest BCUT2D eigenvalue weighted by atomic mass is 16.5. The van der Waals surface area contributed by atoms with Crippen molar-refractivity contribution in [3.63, 3.8) is 0 Å². The van der Waals surface area contributed by atoms with E-state index in [9.17, 15) is 4.79 Å². The Bertz CT molecular complexity index is 946. The smallest absolute Gasteiger partial charge is 0.270 e. The number of rotatable bonds is 5. The van der Waals surface area contributed by atoms with E-state index in [1.54, 1.807) is 13.2 Å². The van der Waals surface area contributed by atoms with Gasteiger partial charge in [0.1, 0.15) is 11.5 Å². The summed E-state index contributed by atoms with van der Waals surface area (Å²) in [5, 5.41) is 13.0. The van der Waals surface area contributed by atoms with E-state index in [0.717, 1.165) is 35.3 Å². The first kappa shape index (κ1) is 15.6. The van der Waals surface area contributed by atoms with Gasteiger partial charge in [-0.3, -0.25) is 4.79 Å². The van der Waals surface area contributed by atoms with Crippen LogP contribution in [0.2, 0.25) is 0 Å². The van der Waals surface area contributed by atoms with Crippen LogP contribution in [0.25, 0.3) is 10.8 Å². The van der Waals surface area contributed by atoms with E-state index in [4.69, 9.17) is 4.74 Å². The molecule has 1 saturated carbocycles. The monoisotopic (exact) mass is 337 g/mol. The standard InChI is InChI=1S/C18H19N5O2/c1-11-21-22-16(23(11)13-7-8-13)10-19-17(24)15-9-12-5-3-4-6-14(12)18(20-15)25-2/h3-6,9,13H,7-8,10H2,1-2H3,(H,19,24). The molecule has 0 bridgehead atoms. The summed E-state index contributed by atoms with van der Waals surface area (Å²) in [5.41, 5.74) is 0.324. The molecule has 0 saturated heterocycles. The molecule has 0 atom stereocenters. The van der Waals surface area contributed by atoms with Crippen LogP contribution in [0.15, 0.2) is 30.3 Å². The molecular weight excluding hydrogens is 318 g/mol. The fraction of sp³-hybridized carbons (Fsp3) is 0.333. The number of benzene rings is 1. The number of aromatic nitrogens is 4. The number of carbonyl (C=O) groups is 1. The maximum absolute atomic E-state index is 12.5. The molecule has 128 valence electrons. The van der Waals surface area contributed by atoms with Crippen molar-refractivity contribution in [3.05, 3.63) is 47.7 Å². The van der Waals surface area contributed by atoms with E-state index < -0.39 is 0 Å². The van der Waals surface area contributed by atoms with Gasteiger partial charge in [0.25, 0.3) is 5.91 Å². The van der Waals surface area contributed by atoms with Gasteiger partial charge in [0.2, 0.25) is 5.88 Å². The molecule has 2 heterocycles. The molecule has 1 aromatic carbocycles. The summed E-state index contributed by atoms with van der Waals surface area (Å²) in [4.78, 5) is 16.9. The molecule has 3 aromatic rings. The summed E-state index contributed by atoms with van der Waals surface area (Å²) in [6.07, 6.45) is 2.28. The fourth-order valence-corrected chi connectivity index (χ4v) is 3.03. The van der Waals surface area contributed by atoms with Crippen molar-refractivity contribution < 1.29 is 9.53 Å². The number of amides is 1. The first-order valence-electron chi connectivity index (χ1n) is 8.29. The SMILES string of the molecule is COc1nc(C(=O)NCc2nnc(C)n2C2CC2)cc2ccccc12. The van der Waals surface area contributed by atoms with Gasteiger partial charge in [-0.05, 0) is 37.3 Å². The predicted molar refractivity (Wildman–Crippen MR) is 92.5 cm³/mol. The summed E-state index contributed by atoms with van der Waals surface area (Å²) < 4.78 is 7.43. The molecule has 7 nitrogen and oxygen atoms in total. The van der Waals surface area contributed by atoms with Gasteiger partial charge in [-0.15, -0.1) is 10.2 Å². The summed E-state index contributed by atoms with van der Waals surface area (Å²) in [6.45, 7) is 2.26. The Hall–Kier alpha value is -2.96. The van der Waals surface area contributed by atoms with Crippen molar-refractivity contribution in [1.82, 2.24) is 25.1 Å². The number of nitrogens with zero attached hydrogens (tertiary/aromatic N) is 4. The Morgan fingerprint density at radius 2 is 2.12 bits per heavy atom. The third kappa shape index (κ3) is 2.93. The number of fused-ring (bicyclic) bond motifs is 1. The predicted octanol–water partition coefficient (Wildman–Crippen LogP) is 2.41. The van der Waals surface area contributed by atoms with Crippen LogP contribution in [0.5, 0.6) is 5.88 Å². The lowest BCUT2D eigenvalue weighted by molar-refractivity contribution is 0.0943. The molecule has 1 fully saturated rings. The van der Waals surface area contributed by atoms with Gasteiger partial charge in [-0.1, -0.05) is 18.2 Å². The van der Waals surface area contributed by atoms with Crippen LogP contribution in [0.1, 0.15) is 41.0 Å². The Morgan fingerprint density at radius 1 is 1.32 bits per heavy atom. The summed E-state index contributed by atoms with van der Waals surface area (Å²) >= 11 is 0. The normalized spacial score (nSPS) is 13.8.